The molecule has 23 heavy (non-hydrogen) atoms. The number of likely N-dealkylation sites (N-methyl/N-ethyl adjacent to an activating group) is 1. The van der Waals surface area contributed by atoms with E-state index in [1.807, 2.05) is 24.3 Å². The topological polar surface area (TPSA) is 82.9 Å². The lowest BCUT2D eigenvalue weighted by Gasteiger charge is -2.36. The van der Waals surface area contributed by atoms with Gasteiger partial charge in [0.15, 0.2) is 17.4 Å². The maximum Gasteiger partial charge on any atom is 0.195 e. The van der Waals surface area contributed by atoms with Crippen LogP contribution in [0.1, 0.15) is 12.5 Å². The molecule has 3 rings (SSSR count). The molecule has 2 heterocycles. The number of aliphatic imine (C=N–C) groups is 1. The number of nitrogens with one attached hydrogen (secondary N) is 1. The summed E-state index contributed by atoms with van der Waals surface area (Å²) in [6.07, 6.45) is 1.15. The predicted molar refractivity (Wildman–Crippen MR) is 90.6 cm³/mol. The molecule has 0 spiro atoms. The molecule has 0 bridgehead atoms. The Kier molecular flexibility index (Phi) is 4.23. The lowest BCUT2D eigenvalue weighted by Crippen LogP contribution is -2.46. The Morgan fingerprint density at radius 3 is 2.48 bits per heavy atom. The molecule has 2 aliphatic heterocycles. The highest BCUT2D eigenvalue weighted by Crippen LogP contribution is 2.32. The van der Waals surface area contributed by atoms with Crippen LogP contribution in [-0.4, -0.2) is 43.6 Å². The first-order valence-corrected chi connectivity index (χ1v) is 7.87. The van der Waals surface area contributed by atoms with Crippen LogP contribution >= 0.6 is 0 Å². The van der Waals surface area contributed by atoms with Gasteiger partial charge in [-0.1, -0.05) is 19.1 Å². The van der Waals surface area contributed by atoms with Gasteiger partial charge in [0.2, 0.25) is 0 Å². The number of benzene rings is 1. The summed E-state index contributed by atoms with van der Waals surface area (Å²) in [7, 11) is 0. The van der Waals surface area contributed by atoms with Crippen molar-refractivity contribution in [3.05, 3.63) is 41.9 Å². The maximum atomic E-state index is 14.1. The van der Waals surface area contributed by atoms with Crippen molar-refractivity contribution < 1.29 is 4.39 Å². The summed E-state index contributed by atoms with van der Waals surface area (Å²) in [5, 5.41) is 2.53. The predicted octanol–water partition coefficient (Wildman–Crippen LogP) is 0.669. The van der Waals surface area contributed by atoms with Gasteiger partial charge in [-0.15, -0.1) is 0 Å². The molecular formula is C16H23FN6. The van der Waals surface area contributed by atoms with Crippen LogP contribution in [0.5, 0.6) is 0 Å². The minimum atomic E-state index is -1.55. The number of piperazine rings is 1. The Morgan fingerprint density at radius 1 is 1.22 bits per heavy atom. The van der Waals surface area contributed by atoms with Crippen LogP contribution in [0.15, 0.2) is 41.3 Å². The lowest BCUT2D eigenvalue weighted by atomic mass is 9.98. The third-order valence-electron chi connectivity index (χ3n) is 4.50. The molecule has 1 unspecified atom stereocenters. The second-order valence-electron chi connectivity index (χ2n) is 5.87. The van der Waals surface area contributed by atoms with Crippen LogP contribution in [0.3, 0.4) is 0 Å². The molecule has 0 aromatic heterocycles. The number of nitrogens with zero attached hydrogens (tertiary/aromatic N) is 3. The Labute approximate surface area is 135 Å². The smallest absolute Gasteiger partial charge is 0.195 e. The molecule has 0 radical (unpaired) electrons. The Balaban J connectivity index is 1.77. The fourth-order valence-corrected chi connectivity index (χ4v) is 2.97. The van der Waals surface area contributed by atoms with Crippen molar-refractivity contribution in [2.75, 3.05) is 37.6 Å². The average molecular weight is 318 g/mol. The number of hydrogen-bond donors (Lipinski definition) is 3. The molecule has 6 nitrogen and oxygen atoms in total. The zero-order valence-electron chi connectivity index (χ0n) is 13.3. The summed E-state index contributed by atoms with van der Waals surface area (Å²) in [5.41, 5.74) is 11.9. The summed E-state index contributed by atoms with van der Waals surface area (Å²) in [4.78, 5) is 8.77. The van der Waals surface area contributed by atoms with E-state index < -0.39 is 11.5 Å². The molecule has 7 heteroatoms. The first-order chi connectivity index (χ1) is 11.0. The van der Waals surface area contributed by atoms with Gasteiger partial charge in [0.1, 0.15) is 0 Å². The molecule has 2 aliphatic rings. The Bertz CT molecular complexity index is 618. The van der Waals surface area contributed by atoms with E-state index >= 15 is 0 Å². The number of halogens is 1. The van der Waals surface area contributed by atoms with Crippen LogP contribution in [0.2, 0.25) is 0 Å². The molecule has 5 N–H and O–H groups in total. The van der Waals surface area contributed by atoms with Crippen molar-refractivity contribution in [2.24, 2.45) is 16.5 Å². The van der Waals surface area contributed by atoms with E-state index in [0.29, 0.717) is 5.56 Å². The molecule has 1 saturated heterocycles. The van der Waals surface area contributed by atoms with E-state index in [4.69, 9.17) is 11.5 Å². The van der Waals surface area contributed by atoms with Gasteiger partial charge in [0, 0.05) is 43.6 Å². The number of hydrogen-bond acceptors (Lipinski definition) is 6. The summed E-state index contributed by atoms with van der Waals surface area (Å²) in [6, 6.07) is 7.56. The van der Waals surface area contributed by atoms with E-state index in [9.17, 15) is 4.39 Å². The van der Waals surface area contributed by atoms with E-state index in [2.05, 4.69) is 27.0 Å². The van der Waals surface area contributed by atoms with Gasteiger partial charge in [0.25, 0.3) is 0 Å². The summed E-state index contributed by atoms with van der Waals surface area (Å²) >= 11 is 0. The molecule has 1 aromatic rings. The van der Waals surface area contributed by atoms with E-state index in [0.717, 1.165) is 44.6 Å². The lowest BCUT2D eigenvalue weighted by molar-refractivity contribution is 0.271. The normalized spacial score (nSPS) is 25.6. The fraction of sp³-hybridized carbons (Fsp3) is 0.438. The first kappa shape index (κ1) is 15.8. The third kappa shape index (κ3) is 3.02. The van der Waals surface area contributed by atoms with E-state index in [-0.39, 0.29) is 5.96 Å². The molecular weight excluding hydrogens is 295 g/mol. The Hall–Kier alpha value is -2.12. The van der Waals surface area contributed by atoms with Gasteiger partial charge in [-0.25, -0.2) is 9.38 Å². The van der Waals surface area contributed by atoms with Crippen molar-refractivity contribution >= 4 is 11.6 Å². The maximum absolute atomic E-state index is 14.1. The highest BCUT2D eigenvalue weighted by Gasteiger charge is 2.35. The summed E-state index contributed by atoms with van der Waals surface area (Å²) in [5.74, 6) is -0.454. The summed E-state index contributed by atoms with van der Waals surface area (Å²) < 4.78 is 14.1. The van der Waals surface area contributed by atoms with Crippen LogP contribution in [-0.2, 0) is 5.66 Å². The molecule has 1 fully saturated rings. The van der Waals surface area contributed by atoms with E-state index in [1.165, 1.54) is 0 Å². The van der Waals surface area contributed by atoms with Gasteiger partial charge in [-0.05, 0) is 18.7 Å². The average Bonchev–Trinajstić information content (AvgIpc) is 2.59. The standard InChI is InChI=1S/C16H23FN6/c1-2-22-7-9-23(10-8-22)13-5-3-12(4-6-13)16(19)14(17)11-20-15(18)21-16/h3-6,11H,2,7-10,19H2,1H3,(H3,18,20,21). The van der Waals surface area contributed by atoms with Crippen molar-refractivity contribution in [1.29, 1.82) is 0 Å². The van der Waals surface area contributed by atoms with Crippen LogP contribution in [0, 0.1) is 0 Å². The second kappa shape index (κ2) is 6.17. The number of rotatable bonds is 3. The van der Waals surface area contributed by atoms with Gasteiger partial charge in [-0.3, -0.25) is 5.73 Å². The van der Waals surface area contributed by atoms with E-state index in [1.54, 1.807) is 0 Å². The third-order valence-corrected chi connectivity index (χ3v) is 4.50. The molecule has 124 valence electrons. The summed E-state index contributed by atoms with van der Waals surface area (Å²) in [6.45, 7) is 7.36. The zero-order chi connectivity index (χ0) is 16.4. The molecule has 1 aromatic carbocycles. The van der Waals surface area contributed by atoms with Crippen LogP contribution in [0.4, 0.5) is 10.1 Å². The molecule has 1 atom stereocenters. The second-order valence-corrected chi connectivity index (χ2v) is 5.87. The van der Waals surface area contributed by atoms with Crippen LogP contribution in [0.25, 0.3) is 0 Å². The Morgan fingerprint density at radius 2 is 1.87 bits per heavy atom. The van der Waals surface area contributed by atoms with Gasteiger partial charge >= 0.3 is 0 Å². The van der Waals surface area contributed by atoms with Crippen molar-refractivity contribution in [2.45, 2.75) is 12.6 Å². The SMILES string of the molecule is CCN1CCN(c2ccc(C3(N)N=C(N)NC=C3F)cc2)CC1. The number of nitrogens with two attached hydrogens (primary N) is 2. The van der Waals surface area contributed by atoms with Crippen LogP contribution < -0.4 is 21.7 Å². The van der Waals surface area contributed by atoms with Gasteiger partial charge < -0.3 is 20.9 Å². The van der Waals surface area contributed by atoms with Gasteiger partial charge in [0.05, 0.1) is 0 Å². The fourth-order valence-electron chi connectivity index (χ4n) is 2.97. The largest absolute Gasteiger partial charge is 0.370 e. The monoisotopic (exact) mass is 318 g/mol. The van der Waals surface area contributed by atoms with Gasteiger partial charge in [-0.2, -0.15) is 0 Å². The highest BCUT2D eigenvalue weighted by molar-refractivity contribution is 5.81. The van der Waals surface area contributed by atoms with Crippen molar-refractivity contribution in [1.82, 2.24) is 10.2 Å². The molecule has 0 aliphatic carbocycles. The highest BCUT2D eigenvalue weighted by atomic mass is 19.1. The minimum Gasteiger partial charge on any atom is -0.370 e. The quantitative estimate of drug-likeness (QED) is 0.763. The van der Waals surface area contributed by atoms with Crippen molar-refractivity contribution in [3.8, 4) is 0 Å². The first-order valence-electron chi connectivity index (χ1n) is 7.87. The molecule has 0 amide bonds. The minimum absolute atomic E-state index is 0.105. The number of anilines is 1. The zero-order valence-corrected chi connectivity index (χ0v) is 13.3. The molecule has 0 saturated carbocycles. The van der Waals surface area contributed by atoms with Crippen molar-refractivity contribution in [3.63, 3.8) is 0 Å². The number of guanidine groups is 1.